The van der Waals surface area contributed by atoms with E-state index in [1.165, 1.54) is 25.3 Å². The van der Waals surface area contributed by atoms with Crippen molar-refractivity contribution in [1.29, 1.82) is 0 Å². The second-order valence-electron chi connectivity index (χ2n) is 4.21. The van der Waals surface area contributed by atoms with Crippen LogP contribution in [0.25, 0.3) is 12.2 Å². The number of hydrogen-bond donors (Lipinski definition) is 3. The Morgan fingerprint density at radius 1 is 1.24 bits per heavy atom. The van der Waals surface area contributed by atoms with Gasteiger partial charge in [0, 0.05) is 6.07 Å². The molecule has 3 N–H and O–H groups in total. The highest BCUT2D eigenvalue weighted by Gasteiger charge is 2.08. The van der Waals surface area contributed by atoms with E-state index in [1.807, 2.05) is 0 Å². The molecule has 0 aliphatic heterocycles. The first kappa shape index (κ1) is 14.7. The van der Waals surface area contributed by atoms with Gasteiger partial charge in [-0.05, 0) is 23.8 Å². The molecule has 110 valence electrons. The van der Waals surface area contributed by atoms with Crippen molar-refractivity contribution >= 4 is 12.2 Å². The molecular weight excluding hydrogens is 276 g/mol. The van der Waals surface area contributed by atoms with Gasteiger partial charge in [0.2, 0.25) is 11.2 Å². The van der Waals surface area contributed by atoms with Crippen LogP contribution in [0, 0.1) is 0 Å². The Bertz CT molecular complexity index is 729. The Kier molecular flexibility index (Phi) is 4.30. The van der Waals surface area contributed by atoms with Gasteiger partial charge in [-0.3, -0.25) is 4.79 Å². The molecule has 0 spiro atoms. The van der Waals surface area contributed by atoms with Gasteiger partial charge >= 0.3 is 0 Å². The van der Waals surface area contributed by atoms with Gasteiger partial charge in [-0.15, -0.1) is 0 Å². The van der Waals surface area contributed by atoms with Crippen LogP contribution in [-0.4, -0.2) is 22.4 Å². The molecule has 6 nitrogen and oxygen atoms in total. The van der Waals surface area contributed by atoms with Crippen molar-refractivity contribution in [1.82, 2.24) is 0 Å². The lowest BCUT2D eigenvalue weighted by Crippen LogP contribution is -2.02. The first-order valence-corrected chi connectivity index (χ1v) is 6.07. The third-order valence-corrected chi connectivity index (χ3v) is 2.79. The molecule has 21 heavy (non-hydrogen) atoms. The molecule has 0 bridgehead atoms. The van der Waals surface area contributed by atoms with Crippen LogP contribution in [0.2, 0.25) is 0 Å². The SMILES string of the molecule is COc1ccc(C=Cc2oc(CO)cc(=O)c2O)cc1O. The summed E-state index contributed by atoms with van der Waals surface area (Å²) in [4.78, 5) is 11.5. The summed E-state index contributed by atoms with van der Waals surface area (Å²) in [6.07, 6.45) is 2.91. The van der Waals surface area contributed by atoms with Gasteiger partial charge in [0.15, 0.2) is 17.3 Å². The monoisotopic (exact) mass is 290 g/mol. The Hall–Kier alpha value is -2.73. The molecule has 1 aromatic heterocycles. The predicted molar refractivity (Wildman–Crippen MR) is 76.2 cm³/mol. The molecule has 6 heteroatoms. The fourth-order valence-electron chi connectivity index (χ4n) is 1.73. The number of phenolic OH excluding ortho intramolecular Hbond substituents is 1. The number of aromatic hydroxyl groups is 2. The summed E-state index contributed by atoms with van der Waals surface area (Å²) in [5.74, 6) is -0.253. The van der Waals surface area contributed by atoms with Gasteiger partial charge in [0.05, 0.1) is 7.11 Å². The van der Waals surface area contributed by atoms with Crippen molar-refractivity contribution in [2.75, 3.05) is 7.11 Å². The number of ether oxygens (including phenoxy) is 1. The number of rotatable bonds is 4. The number of phenols is 1. The molecule has 0 saturated heterocycles. The highest BCUT2D eigenvalue weighted by atomic mass is 16.5. The van der Waals surface area contributed by atoms with Gasteiger partial charge in [-0.1, -0.05) is 12.1 Å². The molecule has 0 amide bonds. The van der Waals surface area contributed by atoms with E-state index in [4.69, 9.17) is 14.3 Å². The van der Waals surface area contributed by atoms with E-state index in [-0.39, 0.29) is 17.3 Å². The molecule has 0 saturated carbocycles. The molecule has 0 unspecified atom stereocenters. The summed E-state index contributed by atoms with van der Waals surface area (Å²) in [6.45, 7) is -0.445. The highest BCUT2D eigenvalue weighted by molar-refractivity contribution is 5.70. The Morgan fingerprint density at radius 3 is 2.62 bits per heavy atom. The lowest BCUT2D eigenvalue weighted by atomic mass is 10.1. The average molecular weight is 290 g/mol. The second kappa shape index (κ2) is 6.15. The van der Waals surface area contributed by atoms with Crippen LogP contribution in [0.4, 0.5) is 0 Å². The van der Waals surface area contributed by atoms with Crippen molar-refractivity contribution in [3.8, 4) is 17.2 Å². The fraction of sp³-hybridized carbons (Fsp3) is 0.133. The van der Waals surface area contributed by atoms with Gasteiger partial charge in [-0.25, -0.2) is 0 Å². The predicted octanol–water partition coefficient (Wildman–Crippen LogP) is 1.72. The summed E-state index contributed by atoms with van der Waals surface area (Å²) < 4.78 is 10.1. The molecule has 2 rings (SSSR count). The normalized spacial score (nSPS) is 11.0. The van der Waals surface area contributed by atoms with Crippen LogP contribution in [-0.2, 0) is 6.61 Å². The summed E-state index contributed by atoms with van der Waals surface area (Å²) in [6, 6.07) is 5.74. The lowest BCUT2D eigenvalue weighted by Gasteiger charge is -2.04. The molecule has 0 fully saturated rings. The van der Waals surface area contributed by atoms with Crippen LogP contribution >= 0.6 is 0 Å². The first-order chi connectivity index (χ1) is 10.0. The van der Waals surface area contributed by atoms with Crippen molar-refractivity contribution in [2.24, 2.45) is 0 Å². The van der Waals surface area contributed by atoms with E-state index >= 15 is 0 Å². The van der Waals surface area contributed by atoms with Crippen LogP contribution in [0.5, 0.6) is 17.2 Å². The maximum absolute atomic E-state index is 11.5. The minimum atomic E-state index is -0.637. The van der Waals surface area contributed by atoms with E-state index < -0.39 is 17.8 Å². The van der Waals surface area contributed by atoms with Gasteiger partial charge < -0.3 is 24.5 Å². The zero-order valence-electron chi connectivity index (χ0n) is 11.2. The zero-order chi connectivity index (χ0) is 15.4. The topological polar surface area (TPSA) is 100 Å². The molecule has 2 aromatic rings. The van der Waals surface area contributed by atoms with Crippen LogP contribution in [0.15, 0.2) is 33.5 Å². The molecule has 1 heterocycles. The number of methoxy groups -OCH3 is 1. The van der Waals surface area contributed by atoms with Crippen molar-refractivity contribution in [2.45, 2.75) is 6.61 Å². The number of aliphatic hydroxyl groups excluding tert-OH is 1. The number of benzene rings is 1. The highest BCUT2D eigenvalue weighted by Crippen LogP contribution is 2.27. The number of aliphatic hydroxyl groups is 1. The van der Waals surface area contributed by atoms with E-state index in [0.29, 0.717) is 11.3 Å². The van der Waals surface area contributed by atoms with E-state index in [0.717, 1.165) is 6.07 Å². The molecule has 0 radical (unpaired) electrons. The standard InChI is InChI=1S/C15H14O6/c1-20-13-4-2-9(6-11(13)17)3-5-14-15(19)12(18)7-10(8-16)21-14/h2-7,16-17,19H,8H2,1H3. The summed E-state index contributed by atoms with van der Waals surface area (Å²) in [5, 5.41) is 28.2. The maximum atomic E-state index is 11.5. The minimum Gasteiger partial charge on any atom is -0.504 e. The molecule has 0 aliphatic carbocycles. The summed E-state index contributed by atoms with van der Waals surface area (Å²) in [7, 11) is 1.44. The van der Waals surface area contributed by atoms with Crippen molar-refractivity contribution < 1.29 is 24.5 Å². The maximum Gasteiger partial charge on any atom is 0.227 e. The summed E-state index contributed by atoms with van der Waals surface area (Å²) >= 11 is 0. The van der Waals surface area contributed by atoms with Crippen molar-refractivity contribution in [3.63, 3.8) is 0 Å². The minimum absolute atomic E-state index is 0.0329. The third kappa shape index (κ3) is 3.24. The average Bonchev–Trinajstić information content (AvgIpc) is 2.48. The fourth-order valence-corrected chi connectivity index (χ4v) is 1.73. The Morgan fingerprint density at radius 2 is 2.00 bits per heavy atom. The van der Waals surface area contributed by atoms with Crippen LogP contribution < -0.4 is 10.2 Å². The van der Waals surface area contributed by atoms with Crippen LogP contribution in [0.1, 0.15) is 17.1 Å². The van der Waals surface area contributed by atoms with E-state index in [9.17, 15) is 15.0 Å². The smallest absolute Gasteiger partial charge is 0.227 e. The zero-order valence-corrected chi connectivity index (χ0v) is 11.2. The van der Waals surface area contributed by atoms with Gasteiger partial charge in [0.25, 0.3) is 0 Å². The second-order valence-corrected chi connectivity index (χ2v) is 4.21. The molecule has 0 atom stereocenters. The first-order valence-electron chi connectivity index (χ1n) is 6.07. The number of hydrogen-bond acceptors (Lipinski definition) is 6. The quantitative estimate of drug-likeness (QED) is 0.792. The molecule has 0 aliphatic rings. The third-order valence-electron chi connectivity index (χ3n) is 2.79. The van der Waals surface area contributed by atoms with E-state index in [2.05, 4.69) is 0 Å². The van der Waals surface area contributed by atoms with Crippen LogP contribution in [0.3, 0.4) is 0 Å². The molecule has 1 aromatic carbocycles. The Labute approximate surface area is 120 Å². The molecular formula is C15H14O6. The van der Waals surface area contributed by atoms with E-state index in [1.54, 1.807) is 12.1 Å². The summed E-state index contributed by atoms with van der Waals surface area (Å²) in [5.41, 5.74) is -0.0210. The largest absolute Gasteiger partial charge is 0.504 e. The van der Waals surface area contributed by atoms with Gasteiger partial charge in [-0.2, -0.15) is 0 Å². The Balaban J connectivity index is 2.35. The van der Waals surface area contributed by atoms with Crippen molar-refractivity contribution in [3.05, 3.63) is 51.6 Å². The lowest BCUT2D eigenvalue weighted by molar-refractivity contribution is 0.240. The van der Waals surface area contributed by atoms with Gasteiger partial charge in [0.1, 0.15) is 12.4 Å².